The molecule has 49 heavy (non-hydrogen) atoms. The SMILES string of the molecule is CCC(N(Oc1ccc(OC)cc1)S(=O)(=O)c1ccc(Cl)c(C(=O)OCc2ccccc2)c1F)S(=O)(=O)CCCOc1ccc(OC)cc1. The molecule has 0 saturated heterocycles. The molecule has 11 nitrogen and oxygen atoms in total. The van der Waals surface area contributed by atoms with Gasteiger partial charge in [-0.05, 0) is 83.5 Å². The third-order valence-corrected chi connectivity index (χ3v) is 11.5. The molecule has 0 fully saturated rings. The van der Waals surface area contributed by atoms with Gasteiger partial charge in [0.1, 0.15) is 40.1 Å². The van der Waals surface area contributed by atoms with E-state index in [0.717, 1.165) is 12.1 Å². The van der Waals surface area contributed by atoms with Gasteiger partial charge in [0, 0.05) is 0 Å². The maximum atomic E-state index is 16.1. The van der Waals surface area contributed by atoms with Crippen molar-refractivity contribution in [1.82, 2.24) is 4.47 Å². The summed E-state index contributed by atoms with van der Waals surface area (Å²) in [6, 6.07) is 22.7. The zero-order valence-electron chi connectivity index (χ0n) is 26.9. The molecule has 0 aromatic heterocycles. The Labute approximate surface area is 290 Å². The molecular formula is C34H35ClFNO10S2. The lowest BCUT2D eigenvalue weighted by atomic mass is 10.2. The van der Waals surface area contributed by atoms with Gasteiger partial charge in [-0.25, -0.2) is 26.0 Å². The molecule has 0 aliphatic heterocycles. The van der Waals surface area contributed by atoms with Crippen molar-refractivity contribution in [3.63, 3.8) is 0 Å². The molecule has 1 atom stereocenters. The molecule has 4 aromatic rings. The van der Waals surface area contributed by atoms with Crippen molar-refractivity contribution >= 4 is 37.4 Å². The molecule has 4 aromatic carbocycles. The molecule has 15 heteroatoms. The van der Waals surface area contributed by atoms with Gasteiger partial charge in [-0.15, -0.1) is 0 Å². The van der Waals surface area contributed by atoms with Crippen LogP contribution in [0.15, 0.2) is 95.9 Å². The normalized spacial score (nSPS) is 12.3. The number of esters is 1. The van der Waals surface area contributed by atoms with Crippen LogP contribution in [0.4, 0.5) is 4.39 Å². The topological polar surface area (TPSA) is 135 Å². The van der Waals surface area contributed by atoms with Crippen molar-refractivity contribution in [3.8, 4) is 23.0 Å². The van der Waals surface area contributed by atoms with Crippen LogP contribution in [-0.2, 0) is 31.2 Å². The fourth-order valence-corrected chi connectivity index (χ4v) is 8.57. The second kappa shape index (κ2) is 16.8. The maximum Gasteiger partial charge on any atom is 0.343 e. The molecule has 262 valence electrons. The first-order valence-corrected chi connectivity index (χ1v) is 18.5. The molecular weight excluding hydrogens is 701 g/mol. The quantitative estimate of drug-likeness (QED) is 0.0676. The summed E-state index contributed by atoms with van der Waals surface area (Å²) in [4.78, 5) is 17.6. The second-order valence-corrected chi connectivity index (χ2v) is 14.9. The summed E-state index contributed by atoms with van der Waals surface area (Å²) in [5, 5.41) is -2.22. The molecule has 0 N–H and O–H groups in total. The number of methoxy groups -OCH3 is 2. The van der Waals surface area contributed by atoms with Gasteiger partial charge in [-0.3, -0.25) is 0 Å². The lowest BCUT2D eigenvalue weighted by Crippen LogP contribution is -2.47. The summed E-state index contributed by atoms with van der Waals surface area (Å²) in [7, 11) is -6.49. The van der Waals surface area contributed by atoms with Crippen LogP contribution in [0.25, 0.3) is 0 Å². The Morgan fingerprint density at radius 3 is 1.96 bits per heavy atom. The van der Waals surface area contributed by atoms with Crippen LogP contribution < -0.4 is 19.0 Å². The summed E-state index contributed by atoms with van der Waals surface area (Å²) in [5.41, 5.74) is -0.240. The van der Waals surface area contributed by atoms with Gasteiger partial charge in [0.25, 0.3) is 10.0 Å². The number of carbonyl (C=O) groups is 1. The van der Waals surface area contributed by atoms with Crippen LogP contribution in [0.2, 0.25) is 5.02 Å². The first-order chi connectivity index (χ1) is 23.4. The van der Waals surface area contributed by atoms with Crippen LogP contribution in [-0.4, -0.2) is 59.2 Å². The third kappa shape index (κ3) is 9.41. The number of hydrogen-bond acceptors (Lipinski definition) is 10. The van der Waals surface area contributed by atoms with Crippen molar-refractivity contribution in [1.29, 1.82) is 0 Å². The minimum atomic E-state index is -5.14. The van der Waals surface area contributed by atoms with E-state index in [1.54, 1.807) is 54.6 Å². The number of rotatable bonds is 17. The summed E-state index contributed by atoms with van der Waals surface area (Å²) >= 11 is 6.15. The number of ether oxygens (including phenoxy) is 4. The van der Waals surface area contributed by atoms with Crippen molar-refractivity contribution < 1.29 is 49.8 Å². The molecule has 0 radical (unpaired) electrons. The van der Waals surface area contributed by atoms with Crippen LogP contribution in [0.3, 0.4) is 0 Å². The predicted octanol–water partition coefficient (Wildman–Crippen LogP) is 6.46. The number of hydrogen-bond donors (Lipinski definition) is 0. The second-order valence-electron chi connectivity index (χ2n) is 10.4. The van der Waals surface area contributed by atoms with E-state index in [4.69, 9.17) is 35.4 Å². The fraction of sp³-hybridized carbons (Fsp3) is 0.265. The highest BCUT2D eigenvalue weighted by Crippen LogP contribution is 2.32. The number of sulfone groups is 1. The Morgan fingerprint density at radius 1 is 0.816 bits per heavy atom. The van der Waals surface area contributed by atoms with Crippen LogP contribution in [0, 0.1) is 5.82 Å². The average molecular weight is 736 g/mol. The Morgan fingerprint density at radius 2 is 1.39 bits per heavy atom. The van der Waals surface area contributed by atoms with Crippen LogP contribution in [0.5, 0.6) is 23.0 Å². The van der Waals surface area contributed by atoms with Gasteiger partial charge in [-0.2, -0.15) is 0 Å². The largest absolute Gasteiger partial charge is 0.497 e. The number of sulfonamides is 1. The highest BCUT2D eigenvalue weighted by atomic mass is 35.5. The first-order valence-electron chi connectivity index (χ1n) is 14.9. The Balaban J connectivity index is 1.64. The van der Waals surface area contributed by atoms with Crippen molar-refractivity contribution in [3.05, 3.63) is 113 Å². The summed E-state index contributed by atoms with van der Waals surface area (Å²) < 4.78 is 93.3. The van der Waals surface area contributed by atoms with E-state index in [0.29, 0.717) is 22.8 Å². The minimum absolute atomic E-state index is 0.00561. The maximum absolute atomic E-state index is 16.1. The molecule has 0 aliphatic rings. The predicted molar refractivity (Wildman–Crippen MR) is 181 cm³/mol. The fourth-order valence-electron chi connectivity index (χ4n) is 4.61. The van der Waals surface area contributed by atoms with Crippen molar-refractivity contribution in [2.45, 2.75) is 36.6 Å². The standard InChI is InChI=1S/C34H35ClFNO10S2/c1-4-31(48(39,40)22-8-21-45-27-15-11-25(43-2)12-16-27)37(47-28-17-13-26(44-3)14-18-28)49(41,42)30-20-19-29(35)32(33(30)36)34(38)46-23-24-9-6-5-7-10-24/h5-7,9-20,31H,4,8,21-23H2,1-3H3. The molecule has 0 amide bonds. The summed E-state index contributed by atoms with van der Waals surface area (Å²) in [5.74, 6) is -1.82. The van der Waals surface area contributed by atoms with E-state index < -0.39 is 58.3 Å². The van der Waals surface area contributed by atoms with E-state index in [2.05, 4.69) is 0 Å². The summed E-state index contributed by atoms with van der Waals surface area (Å²) in [6.07, 6.45) is -0.285. The van der Waals surface area contributed by atoms with E-state index in [-0.39, 0.29) is 36.3 Å². The Kier molecular flexibility index (Phi) is 12.9. The Hall–Kier alpha value is -4.37. The Bertz CT molecular complexity index is 1930. The minimum Gasteiger partial charge on any atom is -0.497 e. The number of carbonyl (C=O) groups excluding carboxylic acids is 1. The van der Waals surface area contributed by atoms with Crippen LogP contribution in [0.1, 0.15) is 35.7 Å². The monoisotopic (exact) mass is 735 g/mol. The molecule has 4 rings (SSSR count). The number of halogens is 2. The van der Waals surface area contributed by atoms with E-state index >= 15 is 4.39 Å². The van der Waals surface area contributed by atoms with Gasteiger partial charge in [0.2, 0.25) is 0 Å². The highest BCUT2D eigenvalue weighted by molar-refractivity contribution is 7.94. The molecule has 0 aliphatic carbocycles. The first kappa shape index (κ1) is 37.4. The zero-order valence-corrected chi connectivity index (χ0v) is 29.3. The van der Waals surface area contributed by atoms with Gasteiger partial charge in [0.15, 0.2) is 21.0 Å². The van der Waals surface area contributed by atoms with Gasteiger partial charge in [0.05, 0.1) is 31.6 Å². The summed E-state index contributed by atoms with van der Waals surface area (Å²) in [6.45, 7) is 1.20. The van der Waals surface area contributed by atoms with Crippen molar-refractivity contribution in [2.75, 3.05) is 26.6 Å². The number of hydroxylamine groups is 1. The molecule has 0 saturated carbocycles. The number of nitrogens with zero attached hydrogens (tertiary/aromatic N) is 1. The van der Waals surface area contributed by atoms with Crippen molar-refractivity contribution in [2.24, 2.45) is 0 Å². The van der Waals surface area contributed by atoms with Gasteiger partial charge >= 0.3 is 5.97 Å². The number of benzene rings is 4. The van der Waals surface area contributed by atoms with E-state index in [1.165, 1.54) is 45.4 Å². The lowest BCUT2D eigenvalue weighted by molar-refractivity contribution is 0.0205. The molecule has 0 bridgehead atoms. The van der Waals surface area contributed by atoms with E-state index in [1.807, 2.05) is 0 Å². The zero-order chi connectivity index (χ0) is 35.6. The highest BCUT2D eigenvalue weighted by Gasteiger charge is 2.43. The van der Waals surface area contributed by atoms with Gasteiger partial charge < -0.3 is 23.8 Å². The molecule has 1 unspecified atom stereocenters. The third-order valence-electron chi connectivity index (χ3n) is 7.14. The van der Waals surface area contributed by atoms with Crippen LogP contribution >= 0.6 is 11.6 Å². The van der Waals surface area contributed by atoms with Gasteiger partial charge in [-0.1, -0.05) is 48.9 Å². The lowest BCUT2D eigenvalue weighted by Gasteiger charge is -2.29. The van der Waals surface area contributed by atoms with E-state index in [9.17, 15) is 21.6 Å². The molecule has 0 heterocycles. The smallest absolute Gasteiger partial charge is 0.343 e. The molecule has 0 spiro atoms. The average Bonchev–Trinajstić information content (AvgIpc) is 3.10.